The van der Waals surface area contributed by atoms with Gasteiger partial charge in [0.1, 0.15) is 0 Å². The predicted octanol–water partition coefficient (Wildman–Crippen LogP) is 4.72. The number of carbonyl (C=O) groups is 1. The average Bonchev–Trinajstić information content (AvgIpc) is 3.25. The van der Waals surface area contributed by atoms with Crippen molar-refractivity contribution in [3.63, 3.8) is 0 Å². The maximum atomic E-state index is 12.7. The molecule has 1 aliphatic heterocycles. The average molecular weight is 459 g/mol. The minimum absolute atomic E-state index is 0.137. The normalized spacial score (nSPS) is 15.0. The minimum atomic E-state index is -4.39. The van der Waals surface area contributed by atoms with Crippen molar-refractivity contribution in [3.8, 4) is 11.5 Å². The Labute approximate surface area is 189 Å². The molecule has 1 N–H and O–H groups in total. The molecule has 1 fully saturated rings. The summed E-state index contributed by atoms with van der Waals surface area (Å²) in [7, 11) is 0. The van der Waals surface area contributed by atoms with Gasteiger partial charge >= 0.3 is 12.2 Å². The van der Waals surface area contributed by atoms with Crippen LogP contribution in [-0.2, 0) is 12.7 Å². The fraction of sp³-hybridized carbons (Fsp3) is 0.348. The summed E-state index contributed by atoms with van der Waals surface area (Å²) in [6.07, 6.45) is -4.39. The van der Waals surface area contributed by atoms with E-state index in [1.54, 1.807) is 4.90 Å². The van der Waals surface area contributed by atoms with E-state index in [0.717, 1.165) is 23.4 Å². The van der Waals surface area contributed by atoms with E-state index in [2.05, 4.69) is 20.4 Å². The van der Waals surface area contributed by atoms with Crippen LogP contribution in [-0.4, -0.2) is 52.2 Å². The van der Waals surface area contributed by atoms with E-state index >= 15 is 0 Å². The summed E-state index contributed by atoms with van der Waals surface area (Å²) in [6, 6.07) is 10.3. The Morgan fingerprint density at radius 1 is 1.03 bits per heavy atom. The summed E-state index contributed by atoms with van der Waals surface area (Å²) >= 11 is 0. The molecule has 4 rings (SSSR count). The monoisotopic (exact) mass is 459 g/mol. The third-order valence-electron chi connectivity index (χ3n) is 5.71. The molecule has 3 aromatic rings. The van der Waals surface area contributed by atoms with Gasteiger partial charge in [0.2, 0.25) is 0 Å². The number of hydrogen-bond donors (Lipinski definition) is 1. The Balaban J connectivity index is 1.29. The molecule has 0 unspecified atom stereocenters. The first-order chi connectivity index (χ1) is 15.7. The van der Waals surface area contributed by atoms with E-state index in [1.165, 1.54) is 17.7 Å². The van der Waals surface area contributed by atoms with Gasteiger partial charge in [-0.2, -0.15) is 18.2 Å². The van der Waals surface area contributed by atoms with Crippen LogP contribution in [0, 0.1) is 13.8 Å². The number of piperazine rings is 1. The van der Waals surface area contributed by atoms with Crippen LogP contribution in [0.15, 0.2) is 47.0 Å². The zero-order chi connectivity index (χ0) is 23.6. The Kier molecular flexibility index (Phi) is 6.37. The highest BCUT2D eigenvalue weighted by atomic mass is 19.4. The second kappa shape index (κ2) is 9.22. The number of hydrogen-bond acceptors (Lipinski definition) is 5. The molecule has 1 aromatic heterocycles. The molecule has 0 aliphatic carbocycles. The molecule has 2 aromatic carbocycles. The summed E-state index contributed by atoms with van der Waals surface area (Å²) in [5, 5.41) is 6.88. The number of halogens is 3. The van der Waals surface area contributed by atoms with Crippen LogP contribution in [0.1, 0.15) is 22.5 Å². The quantitative estimate of drug-likeness (QED) is 0.611. The third kappa shape index (κ3) is 5.51. The van der Waals surface area contributed by atoms with Crippen molar-refractivity contribution in [2.75, 3.05) is 31.5 Å². The van der Waals surface area contributed by atoms with Crippen molar-refractivity contribution in [3.05, 3.63) is 65.0 Å². The summed E-state index contributed by atoms with van der Waals surface area (Å²) in [4.78, 5) is 20.7. The minimum Gasteiger partial charge on any atom is -0.334 e. The van der Waals surface area contributed by atoms with Gasteiger partial charge in [-0.05, 0) is 61.4 Å². The molecular formula is C23H24F3N5O2. The van der Waals surface area contributed by atoms with Crippen LogP contribution in [0.5, 0.6) is 0 Å². The van der Waals surface area contributed by atoms with Crippen molar-refractivity contribution in [1.29, 1.82) is 0 Å². The van der Waals surface area contributed by atoms with E-state index < -0.39 is 11.7 Å². The van der Waals surface area contributed by atoms with Crippen LogP contribution >= 0.6 is 0 Å². The lowest BCUT2D eigenvalue weighted by atomic mass is 10.1. The molecule has 10 heteroatoms. The second-order valence-electron chi connectivity index (χ2n) is 8.08. The Morgan fingerprint density at radius 3 is 2.36 bits per heavy atom. The van der Waals surface area contributed by atoms with Gasteiger partial charge in [0, 0.05) is 37.4 Å². The standard InChI is InChI=1S/C23H24F3N5O2/c1-15-3-8-19(13-16(15)2)27-22(32)31-11-9-30(10-12-31)14-20-28-21(33-29-20)17-4-6-18(7-5-17)23(24,25)26/h3-8,13H,9-12,14H2,1-2H3,(H,27,32). The largest absolute Gasteiger partial charge is 0.416 e. The van der Waals surface area contributed by atoms with Gasteiger partial charge in [0.25, 0.3) is 5.89 Å². The zero-order valence-corrected chi connectivity index (χ0v) is 18.3. The number of alkyl halides is 3. The van der Waals surface area contributed by atoms with Gasteiger partial charge in [-0.15, -0.1) is 0 Å². The smallest absolute Gasteiger partial charge is 0.334 e. The van der Waals surface area contributed by atoms with E-state index in [9.17, 15) is 18.0 Å². The number of carbonyl (C=O) groups excluding carboxylic acids is 1. The van der Waals surface area contributed by atoms with E-state index in [1.807, 2.05) is 32.0 Å². The second-order valence-corrected chi connectivity index (χ2v) is 8.08. The number of aromatic nitrogens is 2. The van der Waals surface area contributed by atoms with Crippen molar-refractivity contribution in [2.24, 2.45) is 0 Å². The molecule has 7 nitrogen and oxygen atoms in total. The van der Waals surface area contributed by atoms with Crippen molar-refractivity contribution < 1.29 is 22.5 Å². The topological polar surface area (TPSA) is 74.5 Å². The number of aryl methyl sites for hydroxylation is 2. The maximum absolute atomic E-state index is 12.7. The Morgan fingerprint density at radius 2 is 1.73 bits per heavy atom. The number of benzene rings is 2. The summed E-state index contributed by atoms with van der Waals surface area (Å²) in [5.74, 6) is 0.614. The molecule has 2 amide bonds. The first kappa shape index (κ1) is 22.8. The SMILES string of the molecule is Cc1ccc(NC(=O)N2CCN(Cc3noc(-c4ccc(C(F)(F)F)cc4)n3)CC2)cc1C. The van der Waals surface area contributed by atoms with Crippen molar-refractivity contribution in [2.45, 2.75) is 26.6 Å². The van der Waals surface area contributed by atoms with Crippen LogP contribution in [0.3, 0.4) is 0 Å². The number of nitrogens with one attached hydrogen (secondary N) is 1. The summed E-state index contributed by atoms with van der Waals surface area (Å²) in [5.41, 5.74) is 2.76. The van der Waals surface area contributed by atoms with Crippen LogP contribution in [0.4, 0.5) is 23.7 Å². The molecule has 33 heavy (non-hydrogen) atoms. The van der Waals surface area contributed by atoms with Gasteiger partial charge in [-0.1, -0.05) is 11.2 Å². The highest BCUT2D eigenvalue weighted by Crippen LogP contribution is 2.30. The van der Waals surface area contributed by atoms with E-state index in [-0.39, 0.29) is 11.9 Å². The van der Waals surface area contributed by atoms with Gasteiger partial charge in [-0.3, -0.25) is 4.90 Å². The lowest BCUT2D eigenvalue weighted by molar-refractivity contribution is -0.137. The lowest BCUT2D eigenvalue weighted by Crippen LogP contribution is -2.49. The molecule has 0 radical (unpaired) electrons. The van der Waals surface area contributed by atoms with Gasteiger partial charge in [0.15, 0.2) is 5.82 Å². The van der Waals surface area contributed by atoms with Crippen molar-refractivity contribution in [1.82, 2.24) is 19.9 Å². The molecule has 2 heterocycles. The van der Waals surface area contributed by atoms with Crippen molar-refractivity contribution >= 4 is 11.7 Å². The number of urea groups is 1. The molecule has 0 spiro atoms. The fourth-order valence-corrected chi connectivity index (χ4v) is 3.57. The zero-order valence-electron chi connectivity index (χ0n) is 18.3. The molecule has 0 saturated carbocycles. The Bertz CT molecular complexity index is 1120. The number of rotatable bonds is 4. The van der Waals surface area contributed by atoms with Gasteiger partial charge < -0.3 is 14.7 Å². The molecule has 1 aliphatic rings. The van der Waals surface area contributed by atoms with Gasteiger partial charge in [0.05, 0.1) is 12.1 Å². The molecular weight excluding hydrogens is 435 g/mol. The van der Waals surface area contributed by atoms with Crippen LogP contribution in [0.25, 0.3) is 11.5 Å². The van der Waals surface area contributed by atoms with Crippen LogP contribution < -0.4 is 5.32 Å². The predicted molar refractivity (Wildman–Crippen MR) is 117 cm³/mol. The highest BCUT2D eigenvalue weighted by molar-refractivity contribution is 5.89. The first-order valence-corrected chi connectivity index (χ1v) is 10.5. The van der Waals surface area contributed by atoms with Crippen LogP contribution in [0.2, 0.25) is 0 Å². The third-order valence-corrected chi connectivity index (χ3v) is 5.71. The fourth-order valence-electron chi connectivity index (χ4n) is 3.57. The molecule has 0 atom stereocenters. The summed E-state index contributed by atoms with van der Waals surface area (Å²) < 4.78 is 43.4. The van der Waals surface area contributed by atoms with E-state index in [4.69, 9.17) is 4.52 Å². The first-order valence-electron chi connectivity index (χ1n) is 10.5. The molecule has 174 valence electrons. The molecule has 0 bridgehead atoms. The summed E-state index contributed by atoms with van der Waals surface area (Å²) in [6.45, 7) is 6.85. The number of amides is 2. The van der Waals surface area contributed by atoms with E-state index in [0.29, 0.717) is 44.1 Å². The number of nitrogens with zero attached hydrogens (tertiary/aromatic N) is 4. The highest BCUT2D eigenvalue weighted by Gasteiger charge is 2.30. The number of anilines is 1. The molecule has 1 saturated heterocycles. The lowest BCUT2D eigenvalue weighted by Gasteiger charge is -2.34. The maximum Gasteiger partial charge on any atom is 0.416 e. The van der Waals surface area contributed by atoms with Gasteiger partial charge in [-0.25, -0.2) is 4.79 Å². The Hall–Kier alpha value is -3.40.